The minimum absolute atomic E-state index is 0.00287. The molecule has 8 heterocycles. The molecule has 84 heavy (non-hydrogen) atoms. The van der Waals surface area contributed by atoms with Crippen molar-refractivity contribution in [3.8, 4) is 22.8 Å². The number of amides is 2. The van der Waals surface area contributed by atoms with Crippen LogP contribution in [0.15, 0.2) is 33.9 Å². The molecule has 2 amide bonds. The van der Waals surface area contributed by atoms with Gasteiger partial charge in [-0.25, -0.2) is 28.3 Å². The number of esters is 2. The third-order valence-electron chi connectivity index (χ3n) is 18.7. The number of aryl methyl sites for hydroxylation is 2. The minimum Gasteiger partial charge on any atom is -0.458 e. The van der Waals surface area contributed by atoms with E-state index in [0.29, 0.717) is 94.1 Å². The monoisotopic (exact) mass is 1200 g/mol. The first-order chi connectivity index (χ1) is 39.7. The number of carbonyl (C=O) groups excluding carboxylic acids is 4. The Labute approximate surface area is 484 Å². The Morgan fingerprint density at radius 3 is 1.73 bits per heavy atom. The fourth-order valence-electron chi connectivity index (χ4n) is 13.7. The molecule has 0 radical (unpaired) electrons. The van der Waals surface area contributed by atoms with E-state index in [1.54, 1.807) is 13.0 Å². The van der Waals surface area contributed by atoms with E-state index >= 15 is 8.78 Å². The van der Waals surface area contributed by atoms with Crippen molar-refractivity contribution in [2.75, 3.05) is 6.61 Å². The van der Waals surface area contributed by atoms with Gasteiger partial charge in [0.05, 0.1) is 80.2 Å². The van der Waals surface area contributed by atoms with Gasteiger partial charge in [-0.05, 0) is 117 Å². The Morgan fingerprint density at radius 2 is 1.24 bits per heavy atom. The highest BCUT2D eigenvalue weighted by Crippen LogP contribution is 2.51. The van der Waals surface area contributed by atoms with Crippen LogP contribution in [0.2, 0.25) is 10.0 Å². The van der Waals surface area contributed by atoms with Gasteiger partial charge >= 0.3 is 18.1 Å². The molecule has 13 rings (SSSR count). The molecule has 440 valence electrons. The van der Waals surface area contributed by atoms with E-state index in [4.69, 9.17) is 47.4 Å². The van der Waals surface area contributed by atoms with Gasteiger partial charge in [0.15, 0.2) is 11.2 Å². The molecule has 3 aliphatic carbocycles. The Hall–Kier alpha value is -6.85. The Balaban J connectivity index is 0.719. The number of carbonyl (C=O) groups is 4. The molecular weight excluding hydrogens is 1150 g/mol. The fraction of sp³-hybridized carbons (Fsp3) is 0.467. The van der Waals surface area contributed by atoms with Gasteiger partial charge in [0.2, 0.25) is 5.91 Å². The average molecular weight is 1200 g/mol. The lowest BCUT2D eigenvalue weighted by Crippen LogP contribution is -2.45. The molecule has 4 N–H and O–H groups in total. The molecular formula is C60H55Cl2F5N6O11. The normalized spacial score (nSPS) is 22.5. The maximum absolute atomic E-state index is 15.5. The summed E-state index contributed by atoms with van der Waals surface area (Å²) in [6.45, 7) is 5.57. The summed E-state index contributed by atoms with van der Waals surface area (Å²) in [6, 6.07) is 3.72. The predicted octanol–water partition coefficient (Wildman–Crippen LogP) is 8.89. The quantitative estimate of drug-likeness (QED) is 0.0625. The molecule has 17 nitrogen and oxygen atoms in total. The number of nitrogens with one attached hydrogen (secondary N) is 2. The van der Waals surface area contributed by atoms with Crippen LogP contribution in [0.5, 0.6) is 0 Å². The molecule has 0 unspecified atom stereocenters. The Kier molecular flexibility index (Phi) is 13.0. The zero-order chi connectivity index (χ0) is 59.6. The zero-order valence-electron chi connectivity index (χ0n) is 45.9. The van der Waals surface area contributed by atoms with Gasteiger partial charge in [0.1, 0.15) is 36.4 Å². The third kappa shape index (κ3) is 8.45. The van der Waals surface area contributed by atoms with Gasteiger partial charge in [-0.1, -0.05) is 44.0 Å². The molecule has 1 saturated carbocycles. The number of aliphatic hydroxyl groups is 2. The molecule has 4 aromatic heterocycles. The second-order valence-electron chi connectivity index (χ2n) is 24.2. The number of halogens is 7. The summed E-state index contributed by atoms with van der Waals surface area (Å²) < 4.78 is 92.0. The summed E-state index contributed by atoms with van der Waals surface area (Å²) in [7, 11) is 0. The lowest BCUT2D eigenvalue weighted by Gasteiger charge is -2.34. The minimum atomic E-state index is -4.83. The second kappa shape index (κ2) is 19.3. The molecule has 24 heteroatoms. The van der Waals surface area contributed by atoms with E-state index in [1.807, 2.05) is 13.8 Å². The molecule has 7 aliphatic rings. The molecule has 4 aliphatic heterocycles. The Morgan fingerprint density at radius 1 is 0.750 bits per heavy atom. The number of cyclic esters (lactones) is 2. The van der Waals surface area contributed by atoms with E-state index in [2.05, 4.69) is 10.6 Å². The van der Waals surface area contributed by atoms with Gasteiger partial charge < -0.3 is 44.2 Å². The number of hydrogen-bond donors (Lipinski definition) is 4. The highest BCUT2D eigenvalue weighted by atomic mass is 35.5. The topological polar surface area (TPSA) is 230 Å². The van der Waals surface area contributed by atoms with E-state index < -0.39 is 93.6 Å². The van der Waals surface area contributed by atoms with Crippen molar-refractivity contribution in [3.05, 3.63) is 122 Å². The van der Waals surface area contributed by atoms with E-state index in [1.165, 1.54) is 21.3 Å². The zero-order valence-corrected chi connectivity index (χ0v) is 47.4. The van der Waals surface area contributed by atoms with Crippen LogP contribution in [0, 0.1) is 23.0 Å². The summed E-state index contributed by atoms with van der Waals surface area (Å²) >= 11 is 13.1. The van der Waals surface area contributed by atoms with Crippen LogP contribution in [0.4, 0.5) is 22.0 Å². The number of rotatable bonds is 13. The van der Waals surface area contributed by atoms with E-state index in [-0.39, 0.29) is 119 Å². The average Bonchev–Trinajstić information content (AvgIpc) is 1.52. The Bertz CT molecular complexity index is 4120. The smallest absolute Gasteiger partial charge is 0.400 e. The number of ether oxygens (including phenoxy) is 3. The molecule has 5 atom stereocenters. The molecule has 0 saturated heterocycles. The number of fused-ring (bicyclic) bond motifs is 10. The molecule has 6 aromatic rings. The number of pyridine rings is 4. The molecule has 0 spiro atoms. The summed E-state index contributed by atoms with van der Waals surface area (Å²) in [5, 5.41) is 30.2. The standard InChI is InChI=1S/C60H55Cl2F5N6O11/c1-5-58(80)32-17-40-49-29(22-72(40)51(75)30(32)23-82-54(58)78)45-37(10-8-27-43(45)39(69-49)20-35(64)47(27)62)71-53(77)57(13-14-57)84-16-15-56(3,4)11-6-12-59(81)33-18-41-48-28(21-73(41)52(76)31(33)24-83-55(59)79)44-36(70-50(74)25(2)60(65,66)67)9-7-26-42(44)38(68-48)19-34(63)46(26)61/h17-20,25,36-37,80-81H,5-16,21-24H2,1-4H3,(H,70,74)(H,71,77)/t25-,36+,37+,58+,59+/m1/s1. The summed E-state index contributed by atoms with van der Waals surface area (Å²) in [4.78, 5) is 92.3. The van der Waals surface area contributed by atoms with Crippen LogP contribution in [0.1, 0.15) is 153 Å². The van der Waals surface area contributed by atoms with E-state index in [0.717, 1.165) is 13.0 Å². The fourth-order valence-corrected chi connectivity index (χ4v) is 14.1. The summed E-state index contributed by atoms with van der Waals surface area (Å²) in [5.41, 5.74) is -2.66. The van der Waals surface area contributed by atoms with Gasteiger partial charge in [-0.15, -0.1) is 0 Å². The van der Waals surface area contributed by atoms with Crippen molar-refractivity contribution in [1.29, 1.82) is 0 Å². The van der Waals surface area contributed by atoms with Gasteiger partial charge in [0.25, 0.3) is 17.0 Å². The first-order valence-corrected chi connectivity index (χ1v) is 28.8. The second-order valence-corrected chi connectivity index (χ2v) is 24.9. The van der Waals surface area contributed by atoms with Crippen LogP contribution in [0.25, 0.3) is 44.6 Å². The third-order valence-corrected chi connectivity index (χ3v) is 19.6. The number of nitrogens with zero attached hydrogens (tertiary/aromatic N) is 4. The van der Waals surface area contributed by atoms with Gasteiger partial charge in [-0.2, -0.15) is 13.2 Å². The van der Waals surface area contributed by atoms with Crippen LogP contribution < -0.4 is 21.8 Å². The number of aromatic nitrogens is 4. The van der Waals surface area contributed by atoms with Crippen molar-refractivity contribution >= 4 is 68.8 Å². The summed E-state index contributed by atoms with van der Waals surface area (Å²) in [5.74, 6) is -7.30. The van der Waals surface area contributed by atoms with Crippen molar-refractivity contribution in [3.63, 3.8) is 0 Å². The predicted molar refractivity (Wildman–Crippen MR) is 292 cm³/mol. The first kappa shape index (κ1) is 56.3. The molecule has 0 bridgehead atoms. The highest BCUT2D eigenvalue weighted by molar-refractivity contribution is 6.33. The van der Waals surface area contributed by atoms with E-state index in [9.17, 15) is 52.2 Å². The first-order valence-electron chi connectivity index (χ1n) is 28.0. The van der Waals surface area contributed by atoms with Gasteiger partial charge in [0, 0.05) is 51.8 Å². The SMILES string of the molecule is CC[C@@]1(O)C(=O)OCc2c1cc1n(c2=O)Cc2c-1nc1cc(F)c(Cl)c3c1c2[C@@H](NC(=O)C1(OCCC(C)(C)CCC[C@@]2(O)C(=O)OCc4c2cc2n(c4=O)Cc4c-2nc2cc(F)c(Cl)c5c2c4[C@@H](NC(=O)[C@@H](C)C(F)(F)F)CC5)CC1)CC3. The maximum atomic E-state index is 15.5. The number of hydrogen-bond acceptors (Lipinski definition) is 13. The van der Waals surface area contributed by atoms with Crippen LogP contribution >= 0.6 is 23.2 Å². The molecule has 1 fully saturated rings. The van der Waals surface area contributed by atoms with Crippen molar-refractivity contribution < 1.29 is 65.6 Å². The summed E-state index contributed by atoms with van der Waals surface area (Å²) in [6.07, 6.45) is -2.27. The maximum Gasteiger partial charge on any atom is 0.400 e. The number of benzene rings is 2. The van der Waals surface area contributed by atoms with Crippen LogP contribution in [-0.2, 0) is 83.7 Å². The largest absolute Gasteiger partial charge is 0.458 e. The highest BCUT2D eigenvalue weighted by Gasteiger charge is 2.54. The van der Waals surface area contributed by atoms with Crippen LogP contribution in [-0.4, -0.2) is 71.5 Å². The lowest BCUT2D eigenvalue weighted by molar-refractivity contribution is -0.179. The van der Waals surface area contributed by atoms with Crippen molar-refractivity contribution in [2.45, 2.75) is 160 Å². The van der Waals surface area contributed by atoms with Crippen molar-refractivity contribution in [2.24, 2.45) is 11.3 Å². The lowest BCUT2D eigenvalue weighted by atomic mass is 9.79. The van der Waals surface area contributed by atoms with Crippen LogP contribution in [0.3, 0.4) is 0 Å². The van der Waals surface area contributed by atoms with Crippen molar-refractivity contribution in [1.82, 2.24) is 29.7 Å². The molecule has 2 aromatic carbocycles. The van der Waals surface area contributed by atoms with Gasteiger partial charge in [-0.3, -0.25) is 19.2 Å². The number of alkyl halides is 3.